The van der Waals surface area contributed by atoms with Crippen LogP contribution >= 0.6 is 0 Å². The summed E-state index contributed by atoms with van der Waals surface area (Å²) in [6.07, 6.45) is 0. The first-order valence-corrected chi connectivity index (χ1v) is 4.96. The van der Waals surface area contributed by atoms with E-state index in [4.69, 9.17) is 0 Å². The van der Waals surface area contributed by atoms with Crippen molar-refractivity contribution in [2.45, 2.75) is 4.90 Å². The maximum absolute atomic E-state index is 13.2. The first-order valence-electron chi connectivity index (χ1n) is 3.42. The molecule has 0 aliphatic heterocycles. The van der Waals surface area contributed by atoms with E-state index in [1.807, 2.05) is 0 Å². The molecule has 0 saturated carbocycles. The highest BCUT2D eigenvalue weighted by atomic mass is 32.2. The molecular weight excluding hydrogens is 216 g/mol. The molecule has 78 valence electrons. The molecule has 0 aliphatic carbocycles. The van der Waals surface area contributed by atoms with Crippen molar-refractivity contribution in [3.05, 3.63) is 23.8 Å². The van der Waals surface area contributed by atoms with Gasteiger partial charge in [0.05, 0.1) is 7.11 Å². The monoisotopic (exact) mass is 223 g/mol. The third kappa shape index (κ3) is 1.99. The average Bonchev–Trinajstić information content (AvgIpc) is 2.06. The number of hydrogen-bond donors (Lipinski definition) is 1. The van der Waals surface area contributed by atoms with Gasteiger partial charge in [-0.15, -0.1) is 0 Å². The molecule has 1 aromatic carbocycles. The van der Waals surface area contributed by atoms with Crippen LogP contribution in [0.3, 0.4) is 0 Å². The van der Waals surface area contributed by atoms with E-state index in [1.165, 1.54) is 0 Å². The largest absolute Gasteiger partial charge is 0.494 e. The van der Waals surface area contributed by atoms with Crippen LogP contribution < -0.4 is 9.88 Å². The van der Waals surface area contributed by atoms with Gasteiger partial charge in [0.25, 0.3) is 0 Å². The molecule has 0 spiro atoms. The van der Waals surface area contributed by atoms with E-state index in [1.54, 1.807) is 0 Å². The van der Waals surface area contributed by atoms with E-state index in [0.717, 1.165) is 13.2 Å². The van der Waals surface area contributed by atoms with Gasteiger partial charge >= 0.3 is 0 Å². The Morgan fingerprint density at radius 3 is 2.36 bits per heavy atom. The van der Waals surface area contributed by atoms with Gasteiger partial charge in [0.2, 0.25) is 10.0 Å². The van der Waals surface area contributed by atoms with E-state index in [-0.39, 0.29) is 0 Å². The lowest BCUT2D eigenvalue weighted by atomic mass is 10.3. The van der Waals surface area contributed by atoms with E-state index < -0.39 is 32.3 Å². The lowest BCUT2D eigenvalue weighted by Crippen LogP contribution is -2.15. The normalized spacial score (nSPS) is 11.4. The predicted molar refractivity (Wildman–Crippen MR) is 44.3 cm³/mol. The number of rotatable bonds is 2. The maximum atomic E-state index is 13.2. The number of primary sulfonamides is 1. The zero-order valence-corrected chi connectivity index (χ0v) is 7.94. The molecule has 0 bridgehead atoms. The minimum atomic E-state index is -4.28. The van der Waals surface area contributed by atoms with Gasteiger partial charge in [-0.1, -0.05) is 0 Å². The molecule has 7 heteroatoms. The second kappa shape index (κ2) is 3.50. The van der Waals surface area contributed by atoms with Crippen LogP contribution in [-0.2, 0) is 10.0 Å². The predicted octanol–water partition coefficient (Wildman–Crippen LogP) is 0.621. The number of hydrogen-bond acceptors (Lipinski definition) is 3. The van der Waals surface area contributed by atoms with Crippen molar-refractivity contribution in [3.8, 4) is 5.75 Å². The molecule has 0 fully saturated rings. The zero-order chi connectivity index (χ0) is 10.9. The summed E-state index contributed by atoms with van der Waals surface area (Å²) >= 11 is 0. The molecule has 0 radical (unpaired) electrons. The molecule has 0 saturated heterocycles. The minimum Gasteiger partial charge on any atom is -0.494 e. The molecule has 4 nitrogen and oxygen atoms in total. The van der Waals surface area contributed by atoms with Crippen molar-refractivity contribution < 1.29 is 21.9 Å². The van der Waals surface area contributed by atoms with Crippen LogP contribution in [-0.4, -0.2) is 15.5 Å². The second-order valence-electron chi connectivity index (χ2n) is 2.47. The molecule has 0 amide bonds. The van der Waals surface area contributed by atoms with Crippen molar-refractivity contribution in [1.29, 1.82) is 0 Å². The van der Waals surface area contributed by atoms with Gasteiger partial charge in [0.1, 0.15) is 10.7 Å². The van der Waals surface area contributed by atoms with E-state index in [9.17, 15) is 17.2 Å². The van der Waals surface area contributed by atoms with Gasteiger partial charge in [0.15, 0.2) is 11.6 Å². The average molecular weight is 223 g/mol. The molecule has 0 aromatic heterocycles. The summed E-state index contributed by atoms with van der Waals surface area (Å²) < 4.78 is 52.0. The smallest absolute Gasteiger partial charge is 0.241 e. The summed E-state index contributed by atoms with van der Waals surface area (Å²) in [5.41, 5.74) is 0. The van der Waals surface area contributed by atoms with E-state index >= 15 is 0 Å². The number of nitrogens with two attached hydrogens (primary N) is 1. The third-order valence-corrected chi connectivity index (χ3v) is 2.41. The SMILES string of the molecule is COc1cc(F)cc(S(N)(=O)=O)c1F. The van der Waals surface area contributed by atoms with Crippen LogP contribution in [0.1, 0.15) is 0 Å². The summed E-state index contributed by atoms with van der Waals surface area (Å²) in [6, 6.07) is 1.22. The summed E-state index contributed by atoms with van der Waals surface area (Å²) in [5.74, 6) is -2.64. The molecule has 0 unspecified atom stereocenters. The summed E-state index contributed by atoms with van der Waals surface area (Å²) in [7, 11) is -3.20. The summed E-state index contributed by atoms with van der Waals surface area (Å²) in [6.45, 7) is 0. The Morgan fingerprint density at radius 1 is 1.36 bits per heavy atom. The molecule has 2 N–H and O–H groups in total. The first kappa shape index (κ1) is 10.9. The van der Waals surface area contributed by atoms with Crippen LogP contribution in [0.5, 0.6) is 5.75 Å². The molecule has 1 aromatic rings. The maximum Gasteiger partial charge on any atom is 0.241 e. The van der Waals surface area contributed by atoms with Gasteiger partial charge in [-0.2, -0.15) is 0 Å². The van der Waals surface area contributed by atoms with Crippen molar-refractivity contribution in [2.24, 2.45) is 5.14 Å². The molecule has 0 atom stereocenters. The second-order valence-corrected chi connectivity index (χ2v) is 4.00. The van der Waals surface area contributed by atoms with Crippen molar-refractivity contribution in [2.75, 3.05) is 7.11 Å². The highest BCUT2D eigenvalue weighted by Crippen LogP contribution is 2.24. The third-order valence-electron chi connectivity index (χ3n) is 1.50. The lowest BCUT2D eigenvalue weighted by molar-refractivity contribution is 0.376. The Balaban J connectivity index is 3.53. The summed E-state index contributed by atoms with van der Waals surface area (Å²) in [4.78, 5) is -0.922. The standard InChI is InChI=1S/C7H7F2NO3S/c1-13-5-2-4(8)3-6(7(5)9)14(10,11)12/h2-3H,1H3,(H2,10,11,12). The Hall–Kier alpha value is -1.21. The van der Waals surface area contributed by atoms with Gasteiger partial charge in [-0.3, -0.25) is 0 Å². The highest BCUT2D eigenvalue weighted by Gasteiger charge is 2.19. The Bertz CT molecular complexity index is 458. The fourth-order valence-electron chi connectivity index (χ4n) is 0.896. The first-order chi connectivity index (χ1) is 6.36. The van der Waals surface area contributed by atoms with Gasteiger partial charge < -0.3 is 4.74 Å². The minimum absolute atomic E-state index is 0.493. The van der Waals surface area contributed by atoms with Gasteiger partial charge in [-0.05, 0) is 6.07 Å². The van der Waals surface area contributed by atoms with E-state index in [0.29, 0.717) is 6.07 Å². The number of benzene rings is 1. The Kier molecular flexibility index (Phi) is 2.72. The molecule has 0 heterocycles. The van der Waals surface area contributed by atoms with Crippen molar-refractivity contribution >= 4 is 10.0 Å². The fraction of sp³-hybridized carbons (Fsp3) is 0.143. The molecule has 14 heavy (non-hydrogen) atoms. The van der Waals surface area contributed by atoms with Crippen LogP contribution in [0, 0.1) is 11.6 Å². The van der Waals surface area contributed by atoms with Crippen molar-refractivity contribution in [3.63, 3.8) is 0 Å². The lowest BCUT2D eigenvalue weighted by Gasteiger charge is -2.05. The van der Waals surface area contributed by atoms with Crippen LogP contribution in [0.4, 0.5) is 8.78 Å². The quantitative estimate of drug-likeness (QED) is 0.799. The van der Waals surface area contributed by atoms with Crippen molar-refractivity contribution in [1.82, 2.24) is 0 Å². The topological polar surface area (TPSA) is 69.4 Å². The molecule has 0 aliphatic rings. The van der Waals surface area contributed by atoms with Crippen LogP contribution in [0.25, 0.3) is 0 Å². The van der Waals surface area contributed by atoms with E-state index in [2.05, 4.69) is 9.88 Å². The van der Waals surface area contributed by atoms with Gasteiger partial charge in [-0.25, -0.2) is 22.3 Å². The van der Waals surface area contributed by atoms with Crippen LogP contribution in [0.15, 0.2) is 17.0 Å². The molecule has 1 rings (SSSR count). The van der Waals surface area contributed by atoms with Crippen LogP contribution in [0.2, 0.25) is 0 Å². The number of sulfonamides is 1. The number of halogens is 2. The number of ether oxygens (including phenoxy) is 1. The molecular formula is C7H7F2NO3S. The Labute approximate surface area is 79.3 Å². The summed E-state index contributed by atoms with van der Waals surface area (Å²) in [5, 5.41) is 4.66. The zero-order valence-electron chi connectivity index (χ0n) is 7.12. The Morgan fingerprint density at radius 2 is 1.93 bits per heavy atom. The number of methoxy groups -OCH3 is 1. The van der Waals surface area contributed by atoms with Gasteiger partial charge in [0, 0.05) is 6.07 Å². The highest BCUT2D eigenvalue weighted by molar-refractivity contribution is 7.89. The fourth-order valence-corrected chi connectivity index (χ4v) is 1.52.